The highest BCUT2D eigenvalue weighted by Gasteiger charge is 2.24. The highest BCUT2D eigenvalue weighted by Crippen LogP contribution is 2.37. The van der Waals surface area contributed by atoms with Gasteiger partial charge in [-0.1, -0.05) is 30.3 Å². The van der Waals surface area contributed by atoms with E-state index >= 15 is 0 Å². The number of hydrogen-bond donors (Lipinski definition) is 2. The number of aryl methyl sites for hydroxylation is 2. The van der Waals surface area contributed by atoms with Gasteiger partial charge in [0.25, 0.3) is 5.91 Å². The van der Waals surface area contributed by atoms with Crippen molar-refractivity contribution >= 4 is 16.8 Å². The maximum absolute atomic E-state index is 12.6. The van der Waals surface area contributed by atoms with Gasteiger partial charge in [0.1, 0.15) is 5.69 Å². The molecule has 0 spiro atoms. The van der Waals surface area contributed by atoms with Gasteiger partial charge in [-0.15, -0.1) is 0 Å². The van der Waals surface area contributed by atoms with Gasteiger partial charge in [0.2, 0.25) is 0 Å². The van der Waals surface area contributed by atoms with E-state index in [1.54, 1.807) is 0 Å². The molecule has 112 valence electrons. The largest absolute Gasteiger partial charge is 0.326 e. The molecule has 0 bridgehead atoms. The SMILES string of the molecule is O=C(NC1=CC1)c1ccc2[nH]nc3c2c1CCc1ccccc1-3. The number of aromatic nitrogens is 2. The topological polar surface area (TPSA) is 57.8 Å². The number of nitrogens with zero attached hydrogens (tertiary/aromatic N) is 1. The summed E-state index contributed by atoms with van der Waals surface area (Å²) < 4.78 is 0. The Bertz CT molecular complexity index is 997. The zero-order valence-corrected chi connectivity index (χ0v) is 12.5. The average molecular weight is 301 g/mol. The van der Waals surface area contributed by atoms with Gasteiger partial charge in [0, 0.05) is 28.6 Å². The monoisotopic (exact) mass is 301 g/mol. The van der Waals surface area contributed by atoms with Crippen molar-refractivity contribution < 1.29 is 4.79 Å². The third kappa shape index (κ3) is 1.91. The summed E-state index contributed by atoms with van der Waals surface area (Å²) in [5.74, 6) is -0.0104. The van der Waals surface area contributed by atoms with E-state index in [-0.39, 0.29) is 5.91 Å². The first kappa shape index (κ1) is 12.6. The Kier molecular flexibility index (Phi) is 2.50. The van der Waals surface area contributed by atoms with Crippen molar-refractivity contribution in [1.82, 2.24) is 15.5 Å². The van der Waals surface area contributed by atoms with Crippen molar-refractivity contribution in [2.75, 3.05) is 0 Å². The fourth-order valence-corrected chi connectivity index (χ4v) is 3.45. The number of nitrogens with one attached hydrogen (secondary N) is 2. The van der Waals surface area contributed by atoms with Gasteiger partial charge in [-0.2, -0.15) is 5.10 Å². The van der Waals surface area contributed by atoms with E-state index in [4.69, 9.17) is 0 Å². The molecule has 0 aliphatic heterocycles. The van der Waals surface area contributed by atoms with Crippen LogP contribution in [0.25, 0.3) is 22.2 Å². The van der Waals surface area contributed by atoms with Gasteiger partial charge in [-0.3, -0.25) is 9.89 Å². The molecule has 4 nitrogen and oxygen atoms in total. The van der Waals surface area contributed by atoms with Crippen LogP contribution in [0.15, 0.2) is 48.2 Å². The highest BCUT2D eigenvalue weighted by atomic mass is 16.1. The predicted molar refractivity (Wildman–Crippen MR) is 89.1 cm³/mol. The molecular formula is C19H15N3O. The normalized spacial score (nSPS) is 14.9. The van der Waals surface area contributed by atoms with Crippen LogP contribution in [0.4, 0.5) is 0 Å². The van der Waals surface area contributed by atoms with Crippen LogP contribution < -0.4 is 5.32 Å². The Balaban J connectivity index is 1.74. The number of allylic oxidation sites excluding steroid dienone is 2. The first-order valence-electron chi connectivity index (χ1n) is 7.90. The molecule has 3 aromatic rings. The summed E-state index contributed by atoms with van der Waals surface area (Å²) in [5, 5.41) is 11.7. The van der Waals surface area contributed by atoms with Crippen LogP contribution in [0.3, 0.4) is 0 Å². The molecule has 1 amide bonds. The molecule has 2 aromatic carbocycles. The molecule has 0 atom stereocenters. The molecule has 0 radical (unpaired) electrons. The number of rotatable bonds is 2. The second-order valence-electron chi connectivity index (χ2n) is 6.13. The lowest BCUT2D eigenvalue weighted by Crippen LogP contribution is -2.20. The number of fused-ring (bicyclic) bond motifs is 2. The lowest BCUT2D eigenvalue weighted by molar-refractivity contribution is 0.0966. The van der Waals surface area contributed by atoms with Crippen molar-refractivity contribution in [1.29, 1.82) is 0 Å². The molecule has 0 fully saturated rings. The number of hydrogen-bond acceptors (Lipinski definition) is 2. The summed E-state index contributed by atoms with van der Waals surface area (Å²) in [6.07, 6.45) is 4.69. The van der Waals surface area contributed by atoms with Crippen LogP contribution in [0.2, 0.25) is 0 Å². The molecule has 4 heteroatoms. The molecule has 5 rings (SSSR count). The standard InChI is InChI=1S/C19H15N3O/c23-19(20-12-6-7-12)15-9-10-16-17-14(15)8-5-11-3-1-2-4-13(11)18(17)22-21-16/h1-4,6,9-10H,5,7-8H2,(H,20,23)(H,21,22). The third-order valence-electron chi connectivity index (χ3n) is 4.68. The number of carbonyl (C=O) groups excluding carboxylic acids is 1. The first-order chi connectivity index (χ1) is 11.3. The zero-order valence-electron chi connectivity index (χ0n) is 12.5. The Morgan fingerprint density at radius 2 is 2.00 bits per heavy atom. The maximum atomic E-state index is 12.6. The highest BCUT2D eigenvalue weighted by molar-refractivity contribution is 6.06. The minimum absolute atomic E-state index is 0.0104. The van der Waals surface area contributed by atoms with Crippen LogP contribution in [-0.4, -0.2) is 16.1 Å². The lowest BCUT2D eigenvalue weighted by Gasteiger charge is -2.09. The van der Waals surface area contributed by atoms with Crippen LogP contribution >= 0.6 is 0 Å². The van der Waals surface area contributed by atoms with E-state index in [1.165, 1.54) is 11.1 Å². The second-order valence-corrected chi connectivity index (χ2v) is 6.13. The average Bonchev–Trinajstić information content (AvgIpc) is 3.31. The van der Waals surface area contributed by atoms with Crippen molar-refractivity contribution in [3.63, 3.8) is 0 Å². The van der Waals surface area contributed by atoms with Crippen molar-refractivity contribution in [3.8, 4) is 11.3 Å². The summed E-state index contributed by atoms with van der Waals surface area (Å²) in [5.41, 5.74) is 7.29. The molecule has 23 heavy (non-hydrogen) atoms. The molecule has 2 N–H and O–H groups in total. The molecule has 1 heterocycles. The number of amides is 1. The summed E-state index contributed by atoms with van der Waals surface area (Å²) in [6, 6.07) is 12.2. The van der Waals surface area contributed by atoms with Gasteiger partial charge in [-0.25, -0.2) is 0 Å². The fourth-order valence-electron chi connectivity index (χ4n) is 3.45. The van der Waals surface area contributed by atoms with E-state index in [1.807, 2.05) is 24.3 Å². The molecule has 0 saturated carbocycles. The van der Waals surface area contributed by atoms with E-state index in [9.17, 15) is 4.79 Å². The summed E-state index contributed by atoms with van der Waals surface area (Å²) in [4.78, 5) is 12.6. The minimum atomic E-state index is -0.0104. The van der Waals surface area contributed by atoms with E-state index in [0.717, 1.165) is 52.7 Å². The second kappa shape index (κ2) is 4.56. The maximum Gasteiger partial charge on any atom is 0.255 e. The van der Waals surface area contributed by atoms with Gasteiger partial charge < -0.3 is 5.32 Å². The van der Waals surface area contributed by atoms with Crippen LogP contribution in [-0.2, 0) is 12.8 Å². The third-order valence-corrected chi connectivity index (χ3v) is 4.68. The van der Waals surface area contributed by atoms with Crippen LogP contribution in [0.1, 0.15) is 27.9 Å². The zero-order chi connectivity index (χ0) is 15.4. The van der Waals surface area contributed by atoms with E-state index < -0.39 is 0 Å². The molecule has 1 aromatic heterocycles. The van der Waals surface area contributed by atoms with E-state index in [0.29, 0.717) is 0 Å². The molecule has 2 aliphatic carbocycles. The first-order valence-corrected chi connectivity index (χ1v) is 7.90. The van der Waals surface area contributed by atoms with Gasteiger partial charge >= 0.3 is 0 Å². The number of aromatic amines is 1. The van der Waals surface area contributed by atoms with Crippen molar-refractivity contribution in [3.05, 3.63) is 64.9 Å². The quantitative estimate of drug-likeness (QED) is 0.762. The molecule has 2 aliphatic rings. The van der Waals surface area contributed by atoms with Crippen LogP contribution in [0, 0.1) is 0 Å². The summed E-state index contributed by atoms with van der Waals surface area (Å²) in [7, 11) is 0. The molecular weight excluding hydrogens is 286 g/mol. The number of H-pyrrole nitrogens is 1. The van der Waals surface area contributed by atoms with Gasteiger partial charge in [-0.05, 0) is 36.1 Å². The lowest BCUT2D eigenvalue weighted by atomic mass is 9.98. The smallest absolute Gasteiger partial charge is 0.255 e. The Morgan fingerprint density at radius 1 is 1.13 bits per heavy atom. The predicted octanol–water partition coefficient (Wildman–Crippen LogP) is 3.35. The van der Waals surface area contributed by atoms with E-state index in [2.05, 4.69) is 33.7 Å². The Labute approximate surface area is 133 Å². The Hall–Kier alpha value is -2.88. The number of benzene rings is 2. The Morgan fingerprint density at radius 3 is 2.87 bits per heavy atom. The van der Waals surface area contributed by atoms with Crippen LogP contribution in [0.5, 0.6) is 0 Å². The molecule has 0 saturated heterocycles. The van der Waals surface area contributed by atoms with Crippen molar-refractivity contribution in [2.45, 2.75) is 19.3 Å². The fraction of sp³-hybridized carbons (Fsp3) is 0.158. The van der Waals surface area contributed by atoms with Gasteiger partial charge in [0.15, 0.2) is 0 Å². The minimum Gasteiger partial charge on any atom is -0.326 e. The summed E-state index contributed by atoms with van der Waals surface area (Å²) >= 11 is 0. The molecule has 0 unspecified atom stereocenters. The number of carbonyl (C=O) groups is 1. The van der Waals surface area contributed by atoms with Crippen molar-refractivity contribution in [2.24, 2.45) is 0 Å². The van der Waals surface area contributed by atoms with Gasteiger partial charge in [0.05, 0.1) is 5.52 Å². The summed E-state index contributed by atoms with van der Waals surface area (Å²) in [6.45, 7) is 0.